The van der Waals surface area contributed by atoms with Crippen LogP contribution >= 0.6 is 45.3 Å². The minimum absolute atomic E-state index is 0. The number of thiophene rings is 4. The number of piperidine rings is 1. The molecule has 2 saturated heterocycles. The number of H-pyrrole nitrogens is 8. The van der Waals surface area contributed by atoms with Crippen LogP contribution < -0.4 is 5.32 Å². The molecule has 0 amide bonds. The van der Waals surface area contributed by atoms with Gasteiger partial charge in [0.25, 0.3) is 0 Å². The molecule has 28 nitrogen and oxygen atoms in total. The molecule has 26 rings (SSSR count). The van der Waals surface area contributed by atoms with Gasteiger partial charge < -0.3 is 30.2 Å². The fourth-order valence-electron chi connectivity index (χ4n) is 18.9. The van der Waals surface area contributed by atoms with E-state index in [9.17, 15) is 0 Å². The first kappa shape index (κ1) is 98.1. The van der Waals surface area contributed by atoms with Crippen LogP contribution in [-0.4, -0.2) is 182 Å². The molecule has 0 aliphatic carbocycles. The first-order valence-corrected chi connectivity index (χ1v) is 50.5. The van der Waals surface area contributed by atoms with E-state index in [1.165, 1.54) is 104 Å². The highest BCUT2D eigenvalue weighted by Gasteiger charge is 2.25. The van der Waals surface area contributed by atoms with Gasteiger partial charge in [-0.15, -0.1) is 45.3 Å². The molecule has 32 heteroatoms. The van der Waals surface area contributed by atoms with Crippen molar-refractivity contribution >= 4 is 139 Å². The highest BCUT2D eigenvalue weighted by Crippen LogP contribution is 2.43. The van der Waals surface area contributed by atoms with Crippen molar-refractivity contribution in [3.05, 3.63) is 281 Å². The molecule has 24 aromatic rings. The normalized spacial score (nSPS) is 12.8. The lowest BCUT2D eigenvalue weighted by Gasteiger charge is -2.26. The van der Waals surface area contributed by atoms with Crippen LogP contribution in [0.4, 0.5) is 5.69 Å². The third-order valence-corrected chi connectivity index (χ3v) is 29.8. The molecule has 0 saturated carbocycles. The van der Waals surface area contributed by atoms with Crippen molar-refractivity contribution < 1.29 is 0 Å². The van der Waals surface area contributed by atoms with Crippen LogP contribution in [0.5, 0.6) is 0 Å². The average molecular weight is 1990 g/mol. The molecular weight excluding hydrogens is 1880 g/mol. The van der Waals surface area contributed by atoms with Crippen molar-refractivity contribution in [1.82, 2.24) is 135 Å². The quantitative estimate of drug-likeness (QED) is 0.0342. The summed E-state index contributed by atoms with van der Waals surface area (Å²) in [6, 6.07) is 51.6. The van der Waals surface area contributed by atoms with Gasteiger partial charge in [-0.25, -0.2) is 19.9 Å². The molecule has 4 aromatic carbocycles. The van der Waals surface area contributed by atoms with E-state index in [0.29, 0.717) is 11.9 Å². The molecule has 2 aliphatic heterocycles. The fraction of sp³-hybridized carbons (Fsp3) is 0.221. The van der Waals surface area contributed by atoms with Gasteiger partial charge in [0, 0.05) is 205 Å². The van der Waals surface area contributed by atoms with Crippen molar-refractivity contribution in [3.63, 3.8) is 0 Å². The van der Waals surface area contributed by atoms with Gasteiger partial charge in [-0.2, -0.15) is 20.4 Å². The number of aryl methyl sites for hydroxylation is 4. The largest absolute Gasteiger partial charge is 0.382 e. The van der Waals surface area contributed by atoms with Crippen LogP contribution in [0, 0.1) is 27.7 Å². The molecule has 9 N–H and O–H groups in total. The van der Waals surface area contributed by atoms with Gasteiger partial charge in [0.15, 0.2) is 23.3 Å². The third-order valence-electron chi connectivity index (χ3n) is 25.6. The Morgan fingerprint density at radius 1 is 0.303 bits per heavy atom. The number of anilines is 1. The number of aromatic nitrogens is 24. The van der Waals surface area contributed by atoms with E-state index in [4.69, 9.17) is 19.9 Å². The van der Waals surface area contributed by atoms with Crippen LogP contribution in [-0.2, 0) is 19.6 Å². The number of pyridine rings is 8. The Balaban J connectivity index is 0.000000121. The molecular formula is C113H114N28S4. The number of nitrogens with zero attached hydrogens (tertiary/aromatic N) is 19. The summed E-state index contributed by atoms with van der Waals surface area (Å²) in [5.41, 5.74) is 31.8. The Bertz CT molecular complexity index is 8460. The lowest BCUT2D eigenvalue weighted by molar-refractivity contribution is 0.220. The van der Waals surface area contributed by atoms with E-state index < -0.39 is 0 Å². The van der Waals surface area contributed by atoms with E-state index >= 15 is 0 Å². The Hall–Kier alpha value is -15.7. The molecule has 145 heavy (non-hydrogen) atoms. The summed E-state index contributed by atoms with van der Waals surface area (Å²) < 4.78 is 0. The van der Waals surface area contributed by atoms with Crippen molar-refractivity contribution in [2.75, 3.05) is 45.6 Å². The summed E-state index contributed by atoms with van der Waals surface area (Å²) in [4.78, 5) is 86.2. The van der Waals surface area contributed by atoms with E-state index in [1.54, 1.807) is 45.3 Å². The van der Waals surface area contributed by atoms with Gasteiger partial charge in [0.05, 0.1) is 74.6 Å². The predicted octanol–water partition coefficient (Wildman–Crippen LogP) is 27.4. The third kappa shape index (κ3) is 20.6. The number of rotatable bonds is 20. The zero-order valence-electron chi connectivity index (χ0n) is 78.8. The SMILES string of the molecule is C.C.C.C.Cc1ccc(-c2cncc3[nH]c(-c4n[nH]c5ccc(-c6cncc(CN(C)C)c6)cc45)nc23)s1.Cc1ccc(-c2cncc3[nH]c(-c4n[nH]c5ccc(-c6cncc(CN7CCCC7)c6)cc45)nc23)s1.Cc1ccc(-c2cncc3[nH]c(-c4n[nH]c5ccc(-c6cncc(CN7CCCCC7)c6)cc45)nc23)s1.Cc1ccc(-c2cncc3[nH]c(-c4n[nH]c5ccc(-c6cncc(NC(C)C)c6)cc45)nc23)s1. The Morgan fingerprint density at radius 3 is 0.883 bits per heavy atom. The minimum Gasteiger partial charge on any atom is -0.382 e. The maximum Gasteiger partial charge on any atom is 0.159 e. The number of aromatic amines is 8. The Labute approximate surface area is 855 Å². The minimum atomic E-state index is 0. The highest BCUT2D eigenvalue weighted by molar-refractivity contribution is 7.16. The number of likely N-dealkylation sites (tertiary alicyclic amines) is 2. The summed E-state index contributed by atoms with van der Waals surface area (Å²) in [6.07, 6.45) is 36.8. The predicted molar refractivity (Wildman–Crippen MR) is 598 cm³/mol. The Kier molecular flexibility index (Phi) is 28.7. The van der Waals surface area contributed by atoms with Crippen LogP contribution in [0.2, 0.25) is 0 Å². The lowest BCUT2D eigenvalue weighted by atomic mass is 10.0. The van der Waals surface area contributed by atoms with E-state index in [0.717, 1.165) is 230 Å². The Morgan fingerprint density at radius 2 is 0.586 bits per heavy atom. The van der Waals surface area contributed by atoms with Gasteiger partial charge in [0.2, 0.25) is 0 Å². The fourth-order valence-corrected chi connectivity index (χ4v) is 22.4. The molecule has 2 aliphatic rings. The van der Waals surface area contributed by atoms with Gasteiger partial charge in [0.1, 0.15) is 44.8 Å². The van der Waals surface area contributed by atoms with Crippen LogP contribution in [0.3, 0.4) is 0 Å². The number of hydrogen-bond acceptors (Lipinski definition) is 24. The molecule has 0 bridgehead atoms. The smallest absolute Gasteiger partial charge is 0.159 e. The summed E-state index contributed by atoms with van der Waals surface area (Å²) >= 11 is 6.99. The average Bonchev–Trinajstić information content (AvgIpc) is 1.62. The number of hydrogen-bond donors (Lipinski definition) is 9. The number of fused-ring (bicyclic) bond motifs is 8. The number of nitrogens with one attached hydrogen (secondary N) is 9. The number of benzene rings is 4. The van der Waals surface area contributed by atoms with Crippen LogP contribution in [0.25, 0.3) is 220 Å². The molecule has 2 fully saturated rings. The molecule has 0 spiro atoms. The molecule has 0 atom stereocenters. The maximum absolute atomic E-state index is 4.98. The second kappa shape index (κ2) is 42.5. The van der Waals surface area contributed by atoms with Crippen molar-refractivity contribution in [3.8, 4) is 132 Å². The first-order valence-electron chi connectivity index (χ1n) is 47.2. The second-order valence-corrected chi connectivity index (χ2v) is 41.9. The zero-order chi connectivity index (χ0) is 95.3. The van der Waals surface area contributed by atoms with Gasteiger partial charge in [-0.1, -0.05) is 60.4 Å². The molecule has 0 radical (unpaired) electrons. The van der Waals surface area contributed by atoms with Crippen molar-refractivity contribution in [1.29, 1.82) is 0 Å². The summed E-state index contributed by atoms with van der Waals surface area (Å²) in [6.45, 7) is 20.1. The topological polar surface area (TPSA) is 354 Å². The van der Waals surface area contributed by atoms with E-state index in [-0.39, 0.29) is 29.7 Å². The second-order valence-electron chi connectivity index (χ2n) is 36.7. The standard InChI is InChI=1S/C29H27N7S.C28H25N7S.2C26H23N7S.4CH4/c1-18-5-8-26(37-18)23-15-31-16-25-27(23)33-29(32-25)28-22-12-20(6-7-24(22)34-35-28)21-11-19(13-30-14-21)17-36-9-3-2-4-10-36;1-17-4-7-25(36-17)22-14-30-15-24-26(22)32-28(31-24)27-21-11-19(5-6-23(21)33-34-27)20-10-18(12-29-13-20)16-35-8-2-3-9-35;1-15-4-7-23(34-15)20-12-28-13-22-24(20)30-26(29-22)25-19-9-17(5-6-21(19)31-32-25)18-8-16(10-27-11-18)14-33(2)3;1-14(2)29-18-8-17(10-27-11-18)16-5-6-21-19(9-16)25(33-32-21)26-30-22-13-28-12-20(24(22)31-26)23-7-4-15(3)34-23;;;;/h5-8,11-16H,2-4,9-10,17H2,1H3,(H,32,33)(H,34,35);4-7,10-15H,2-3,8-9,16H2,1H3,(H,31,32)(H,33,34);4-13H,14H2,1-3H3,(H,29,30)(H,31,32);4-14,29H,1-3H3,(H,30,31)(H,32,33);4*1H4. The monoisotopic (exact) mass is 1990 g/mol. The summed E-state index contributed by atoms with van der Waals surface area (Å²) in [5, 5.41) is 38.6. The molecule has 22 heterocycles. The molecule has 20 aromatic heterocycles. The maximum atomic E-state index is 4.98. The van der Waals surface area contributed by atoms with Gasteiger partial charge in [-0.3, -0.25) is 70.1 Å². The van der Waals surface area contributed by atoms with Crippen molar-refractivity contribution in [2.45, 2.75) is 129 Å². The van der Waals surface area contributed by atoms with Crippen LogP contribution in [0.1, 0.15) is 112 Å². The molecule has 730 valence electrons. The highest BCUT2D eigenvalue weighted by atomic mass is 32.1. The molecule has 0 unspecified atom stereocenters. The van der Waals surface area contributed by atoms with Crippen LogP contribution in [0.15, 0.2) is 245 Å². The summed E-state index contributed by atoms with van der Waals surface area (Å²) in [5.74, 6) is 2.91. The first-order chi connectivity index (χ1) is 69.0. The lowest BCUT2D eigenvalue weighted by Crippen LogP contribution is -2.29. The summed E-state index contributed by atoms with van der Waals surface area (Å²) in [7, 11) is 4.12. The van der Waals surface area contributed by atoms with Crippen molar-refractivity contribution in [2.24, 2.45) is 0 Å². The van der Waals surface area contributed by atoms with E-state index in [1.807, 2.05) is 105 Å². The van der Waals surface area contributed by atoms with Gasteiger partial charge >= 0.3 is 0 Å². The number of imidazole rings is 4. The van der Waals surface area contributed by atoms with E-state index in [2.05, 4.69) is 316 Å². The zero-order valence-corrected chi connectivity index (χ0v) is 82.1. The van der Waals surface area contributed by atoms with Gasteiger partial charge in [-0.05, 0) is 268 Å².